The van der Waals surface area contributed by atoms with Gasteiger partial charge in [0.25, 0.3) is 0 Å². The molecule has 0 saturated heterocycles. The molecule has 1 rings (SSSR count). The predicted octanol–water partition coefficient (Wildman–Crippen LogP) is 1.53. The molecule has 1 amide bonds. The summed E-state index contributed by atoms with van der Waals surface area (Å²) in [5.41, 5.74) is 0. The quantitative estimate of drug-likeness (QED) is 0.798. The number of ether oxygens (including phenoxy) is 2. The zero-order valence-electron chi connectivity index (χ0n) is 9.52. The highest BCUT2D eigenvalue weighted by Crippen LogP contribution is 2.13. The first-order chi connectivity index (χ1) is 8.15. The fraction of sp³-hybridized carbons (Fsp3) is 0.300. The van der Waals surface area contributed by atoms with Gasteiger partial charge in [0.15, 0.2) is 5.11 Å². The van der Waals surface area contributed by atoms with Crippen molar-refractivity contribution in [3.8, 4) is 5.75 Å². The molecule has 0 saturated carbocycles. The van der Waals surface area contributed by atoms with E-state index in [9.17, 15) is 4.79 Å². The number of amides is 1. The molecule has 1 heterocycles. The summed E-state index contributed by atoms with van der Waals surface area (Å²) in [6, 6.07) is 3.35. The number of rotatable bonds is 3. The van der Waals surface area contributed by atoms with Crippen LogP contribution in [0.4, 0.5) is 10.6 Å². The van der Waals surface area contributed by atoms with E-state index in [2.05, 4.69) is 20.4 Å². The molecule has 1 aromatic rings. The van der Waals surface area contributed by atoms with Gasteiger partial charge in [-0.2, -0.15) is 0 Å². The first kappa shape index (κ1) is 13.2. The van der Waals surface area contributed by atoms with Crippen LogP contribution < -0.4 is 15.4 Å². The molecule has 7 heteroatoms. The van der Waals surface area contributed by atoms with Crippen LogP contribution in [-0.4, -0.2) is 29.9 Å². The summed E-state index contributed by atoms with van der Waals surface area (Å²) in [5.74, 6) is 1.12. The number of alkyl carbamates (subject to hydrolysis) is 1. The predicted molar refractivity (Wildman–Crippen MR) is 67.2 cm³/mol. The minimum Gasteiger partial charge on any atom is -0.497 e. The molecule has 0 aliphatic rings. The number of nitrogens with zero attached hydrogens (tertiary/aromatic N) is 1. The van der Waals surface area contributed by atoms with Gasteiger partial charge in [-0.25, -0.2) is 9.78 Å². The third-order valence-electron chi connectivity index (χ3n) is 1.70. The maximum atomic E-state index is 11.1. The topological polar surface area (TPSA) is 72.5 Å². The van der Waals surface area contributed by atoms with Crippen molar-refractivity contribution < 1.29 is 14.3 Å². The van der Waals surface area contributed by atoms with Crippen molar-refractivity contribution in [1.82, 2.24) is 10.3 Å². The van der Waals surface area contributed by atoms with Crippen molar-refractivity contribution in [2.75, 3.05) is 19.0 Å². The van der Waals surface area contributed by atoms with Crippen LogP contribution in [0.3, 0.4) is 0 Å². The van der Waals surface area contributed by atoms with Crippen LogP contribution in [0.1, 0.15) is 6.92 Å². The summed E-state index contributed by atoms with van der Waals surface area (Å²) in [5, 5.41) is 5.19. The normalized spacial score (nSPS) is 9.29. The Balaban J connectivity index is 2.52. The maximum absolute atomic E-state index is 11.1. The van der Waals surface area contributed by atoms with Gasteiger partial charge in [0.2, 0.25) is 0 Å². The van der Waals surface area contributed by atoms with Gasteiger partial charge < -0.3 is 14.8 Å². The van der Waals surface area contributed by atoms with Gasteiger partial charge in [-0.1, -0.05) is 0 Å². The maximum Gasteiger partial charge on any atom is 0.413 e. The lowest BCUT2D eigenvalue weighted by Gasteiger charge is -2.09. The second kappa shape index (κ2) is 6.64. The molecule has 2 N–H and O–H groups in total. The van der Waals surface area contributed by atoms with E-state index in [1.165, 1.54) is 0 Å². The lowest BCUT2D eigenvalue weighted by Crippen LogP contribution is -2.34. The minimum absolute atomic E-state index is 0.115. The monoisotopic (exact) mass is 255 g/mol. The fourth-order valence-electron chi connectivity index (χ4n) is 1.01. The van der Waals surface area contributed by atoms with Gasteiger partial charge in [-0.15, -0.1) is 0 Å². The van der Waals surface area contributed by atoms with Gasteiger partial charge >= 0.3 is 6.09 Å². The Kier molecular flexibility index (Phi) is 5.15. The van der Waals surface area contributed by atoms with Gasteiger partial charge in [0.1, 0.15) is 11.6 Å². The molecule has 6 nitrogen and oxygen atoms in total. The average Bonchev–Trinajstić information content (AvgIpc) is 2.29. The first-order valence-electron chi connectivity index (χ1n) is 4.90. The number of aromatic nitrogens is 1. The Bertz CT molecular complexity index is 412. The summed E-state index contributed by atoms with van der Waals surface area (Å²) >= 11 is 4.90. The molecule has 0 atom stereocenters. The Morgan fingerprint density at radius 1 is 1.59 bits per heavy atom. The average molecular weight is 255 g/mol. The molecule has 1 aromatic heterocycles. The molecule has 0 fully saturated rings. The van der Waals surface area contributed by atoms with Crippen LogP contribution in [-0.2, 0) is 4.74 Å². The van der Waals surface area contributed by atoms with E-state index in [1.54, 1.807) is 32.4 Å². The van der Waals surface area contributed by atoms with E-state index in [0.29, 0.717) is 11.6 Å². The third-order valence-corrected chi connectivity index (χ3v) is 1.90. The third kappa shape index (κ3) is 4.64. The van der Waals surface area contributed by atoms with E-state index in [1.807, 2.05) is 0 Å². The van der Waals surface area contributed by atoms with E-state index < -0.39 is 6.09 Å². The Morgan fingerprint density at radius 2 is 2.35 bits per heavy atom. The minimum atomic E-state index is -0.604. The van der Waals surface area contributed by atoms with Crippen LogP contribution >= 0.6 is 12.2 Å². The number of hydrogen-bond acceptors (Lipinski definition) is 5. The first-order valence-corrected chi connectivity index (χ1v) is 5.31. The van der Waals surface area contributed by atoms with Gasteiger partial charge in [-0.05, 0) is 25.2 Å². The van der Waals surface area contributed by atoms with Gasteiger partial charge in [0, 0.05) is 12.3 Å². The second-order valence-electron chi connectivity index (χ2n) is 2.88. The number of hydrogen-bond donors (Lipinski definition) is 2. The highest BCUT2D eigenvalue weighted by atomic mass is 32.1. The van der Waals surface area contributed by atoms with Gasteiger partial charge in [-0.3, -0.25) is 5.32 Å². The van der Waals surface area contributed by atoms with Crippen LogP contribution in [0.2, 0.25) is 0 Å². The highest BCUT2D eigenvalue weighted by Gasteiger charge is 2.05. The molecule has 0 aliphatic heterocycles. The lowest BCUT2D eigenvalue weighted by atomic mass is 10.4. The van der Waals surface area contributed by atoms with E-state index in [0.717, 1.165) is 0 Å². The van der Waals surface area contributed by atoms with E-state index in [-0.39, 0.29) is 11.7 Å². The van der Waals surface area contributed by atoms with E-state index in [4.69, 9.17) is 17.0 Å². The molecule has 0 bridgehead atoms. The summed E-state index contributed by atoms with van der Waals surface area (Å²) in [7, 11) is 1.55. The van der Waals surface area contributed by atoms with Crippen molar-refractivity contribution in [3.63, 3.8) is 0 Å². The van der Waals surface area contributed by atoms with Crippen LogP contribution in [0.25, 0.3) is 0 Å². The van der Waals surface area contributed by atoms with Gasteiger partial charge in [0.05, 0.1) is 13.7 Å². The molecule has 92 valence electrons. The SMILES string of the molecule is CCOC(=O)NC(=S)Nc1cc(OC)ccn1. The Labute approximate surface area is 104 Å². The molecule has 17 heavy (non-hydrogen) atoms. The molecule has 0 unspecified atom stereocenters. The van der Waals surface area contributed by atoms with Crippen molar-refractivity contribution in [2.24, 2.45) is 0 Å². The van der Waals surface area contributed by atoms with E-state index >= 15 is 0 Å². The molecular weight excluding hydrogens is 242 g/mol. The standard InChI is InChI=1S/C10H13N3O3S/c1-3-16-10(14)13-9(17)12-8-6-7(15-2)4-5-11-8/h4-6H,3H2,1-2H3,(H2,11,12,13,14,17). The lowest BCUT2D eigenvalue weighted by molar-refractivity contribution is 0.158. The fourth-order valence-corrected chi connectivity index (χ4v) is 1.20. The largest absolute Gasteiger partial charge is 0.497 e. The van der Waals surface area contributed by atoms with Crippen molar-refractivity contribution >= 4 is 29.2 Å². The van der Waals surface area contributed by atoms with Crippen LogP contribution in [0.5, 0.6) is 5.75 Å². The Hall–Kier alpha value is -1.89. The second-order valence-corrected chi connectivity index (χ2v) is 3.29. The summed E-state index contributed by atoms with van der Waals surface area (Å²) in [4.78, 5) is 15.1. The molecular formula is C10H13N3O3S. The summed E-state index contributed by atoms with van der Waals surface area (Å²) in [6.45, 7) is 1.99. The number of methoxy groups -OCH3 is 1. The van der Waals surface area contributed by atoms with Crippen molar-refractivity contribution in [1.29, 1.82) is 0 Å². The number of nitrogens with one attached hydrogen (secondary N) is 2. The number of anilines is 1. The molecule has 0 spiro atoms. The van der Waals surface area contributed by atoms with Crippen LogP contribution in [0, 0.1) is 0 Å². The molecule has 0 radical (unpaired) electrons. The Morgan fingerprint density at radius 3 is 3.00 bits per heavy atom. The number of carbonyl (C=O) groups is 1. The zero-order chi connectivity index (χ0) is 12.7. The molecule has 0 aromatic carbocycles. The number of carbonyl (C=O) groups excluding carboxylic acids is 1. The zero-order valence-corrected chi connectivity index (χ0v) is 10.3. The molecule has 0 aliphatic carbocycles. The highest BCUT2D eigenvalue weighted by molar-refractivity contribution is 7.80. The number of pyridine rings is 1. The van der Waals surface area contributed by atoms with Crippen molar-refractivity contribution in [3.05, 3.63) is 18.3 Å². The summed E-state index contributed by atoms with van der Waals surface area (Å²) in [6.07, 6.45) is 0.960. The van der Waals surface area contributed by atoms with Crippen molar-refractivity contribution in [2.45, 2.75) is 6.92 Å². The number of thiocarbonyl (C=S) groups is 1. The smallest absolute Gasteiger partial charge is 0.413 e. The van der Waals surface area contributed by atoms with Crippen LogP contribution in [0.15, 0.2) is 18.3 Å². The summed E-state index contributed by atoms with van der Waals surface area (Å²) < 4.78 is 9.69.